The number of pyridine rings is 1. The highest BCUT2D eigenvalue weighted by molar-refractivity contribution is 7.09. The van der Waals surface area contributed by atoms with Crippen LogP contribution in [0.25, 0.3) is 10.9 Å². The molecule has 1 aliphatic heterocycles. The van der Waals surface area contributed by atoms with Crippen LogP contribution in [0.15, 0.2) is 46.6 Å². The summed E-state index contributed by atoms with van der Waals surface area (Å²) in [5.74, 6) is 1.52. The minimum Gasteiger partial charge on any atom is -0.497 e. The molecule has 3 aromatic heterocycles. The Morgan fingerprint density at radius 3 is 3.00 bits per heavy atom. The second kappa shape index (κ2) is 9.82. The molecule has 0 spiro atoms. The van der Waals surface area contributed by atoms with Gasteiger partial charge < -0.3 is 14.5 Å². The van der Waals surface area contributed by atoms with Crippen molar-refractivity contribution < 1.29 is 9.47 Å². The lowest BCUT2D eigenvalue weighted by atomic mass is 10.1. The van der Waals surface area contributed by atoms with Crippen molar-refractivity contribution in [2.45, 2.75) is 45.1 Å². The Labute approximate surface area is 194 Å². The molecule has 0 radical (unpaired) electrons. The first kappa shape index (κ1) is 21.7. The number of methoxy groups -OCH3 is 1. The van der Waals surface area contributed by atoms with Crippen LogP contribution in [0.2, 0.25) is 0 Å². The first-order chi connectivity index (χ1) is 16.2. The number of rotatable bonds is 9. The fourth-order valence-electron chi connectivity index (χ4n) is 4.17. The topological polar surface area (TPSA) is 98.2 Å². The van der Waals surface area contributed by atoms with Gasteiger partial charge in [0.1, 0.15) is 5.75 Å². The number of aromatic amines is 1. The fourth-order valence-corrected chi connectivity index (χ4v) is 4.91. The Morgan fingerprint density at radius 1 is 1.27 bits per heavy atom. The van der Waals surface area contributed by atoms with Crippen molar-refractivity contribution in [2.24, 2.45) is 0 Å². The van der Waals surface area contributed by atoms with Crippen LogP contribution in [-0.2, 0) is 30.9 Å². The van der Waals surface area contributed by atoms with Crippen LogP contribution in [0.5, 0.6) is 5.75 Å². The van der Waals surface area contributed by atoms with Crippen LogP contribution in [-0.4, -0.2) is 49.9 Å². The van der Waals surface area contributed by atoms with Crippen molar-refractivity contribution in [3.8, 4) is 5.75 Å². The van der Waals surface area contributed by atoms with Gasteiger partial charge in [-0.3, -0.25) is 9.69 Å². The van der Waals surface area contributed by atoms with E-state index in [0.29, 0.717) is 31.7 Å². The zero-order valence-corrected chi connectivity index (χ0v) is 19.3. The lowest BCUT2D eigenvalue weighted by Crippen LogP contribution is -2.28. The number of fused-ring (bicyclic) bond motifs is 1. The molecule has 4 heterocycles. The monoisotopic (exact) mass is 466 g/mol. The third-order valence-electron chi connectivity index (χ3n) is 5.85. The average Bonchev–Trinajstić information content (AvgIpc) is 3.59. The maximum Gasteiger partial charge on any atom is 0.252 e. The maximum absolute atomic E-state index is 12.9. The Morgan fingerprint density at radius 2 is 2.21 bits per heavy atom. The SMILES string of the molecule is COc1ccc2[nH]c(=O)c(CN(Cc3cccs3)Cc3nnnn3C[C@@H]3CCCO3)cc2c1. The van der Waals surface area contributed by atoms with E-state index in [0.717, 1.165) is 41.9 Å². The van der Waals surface area contributed by atoms with Crippen LogP contribution >= 0.6 is 11.3 Å². The van der Waals surface area contributed by atoms with E-state index in [2.05, 4.69) is 36.9 Å². The number of hydrogen-bond acceptors (Lipinski definition) is 8. The molecular weight excluding hydrogens is 440 g/mol. The van der Waals surface area contributed by atoms with Gasteiger partial charge in [-0.2, -0.15) is 0 Å². The Balaban J connectivity index is 1.41. The molecule has 0 amide bonds. The van der Waals surface area contributed by atoms with Crippen LogP contribution < -0.4 is 10.3 Å². The molecule has 0 unspecified atom stereocenters. The predicted molar refractivity (Wildman–Crippen MR) is 125 cm³/mol. The van der Waals surface area contributed by atoms with Gasteiger partial charge in [0.05, 0.1) is 26.3 Å². The molecular formula is C23H26N6O3S. The van der Waals surface area contributed by atoms with Crippen LogP contribution in [0.4, 0.5) is 0 Å². The molecule has 9 nitrogen and oxygen atoms in total. The number of nitrogens with one attached hydrogen (secondary N) is 1. The highest BCUT2D eigenvalue weighted by atomic mass is 32.1. The smallest absolute Gasteiger partial charge is 0.252 e. The molecule has 10 heteroatoms. The number of tetrazole rings is 1. The molecule has 1 saturated heterocycles. The number of hydrogen-bond donors (Lipinski definition) is 1. The van der Waals surface area contributed by atoms with Gasteiger partial charge in [0.2, 0.25) is 0 Å². The minimum absolute atomic E-state index is 0.0946. The minimum atomic E-state index is -0.0946. The molecule has 172 valence electrons. The molecule has 0 saturated carbocycles. The number of nitrogens with zero attached hydrogens (tertiary/aromatic N) is 5. The standard InChI is InChI=1S/C23H26N6O3S/c1-31-18-6-7-21-16(11-18)10-17(23(30)24-21)12-28(14-20-5-3-9-33-20)15-22-25-26-27-29(22)13-19-4-2-8-32-19/h3,5-7,9-11,19H,2,4,8,12-15H2,1H3,(H,24,30)/t19-/m0/s1. The fraction of sp³-hybridized carbons (Fsp3) is 0.391. The van der Waals surface area contributed by atoms with Crippen molar-refractivity contribution in [1.82, 2.24) is 30.1 Å². The van der Waals surface area contributed by atoms with E-state index in [1.807, 2.05) is 35.0 Å². The molecule has 0 bridgehead atoms. The number of thiophene rings is 1. The molecule has 1 aliphatic rings. The third kappa shape index (κ3) is 5.13. The summed E-state index contributed by atoms with van der Waals surface area (Å²) in [5.41, 5.74) is 1.38. The highest BCUT2D eigenvalue weighted by Crippen LogP contribution is 2.21. The van der Waals surface area contributed by atoms with Gasteiger partial charge in [-0.25, -0.2) is 4.68 Å². The molecule has 1 fully saturated rings. The van der Waals surface area contributed by atoms with Crippen LogP contribution in [0.1, 0.15) is 29.1 Å². The van der Waals surface area contributed by atoms with Gasteiger partial charge in [0, 0.05) is 41.0 Å². The van der Waals surface area contributed by atoms with Gasteiger partial charge in [-0.1, -0.05) is 6.07 Å². The molecule has 1 N–H and O–H groups in total. The normalized spacial score (nSPS) is 16.1. The Bertz CT molecular complexity index is 1260. The largest absolute Gasteiger partial charge is 0.497 e. The molecule has 0 aliphatic carbocycles. The van der Waals surface area contributed by atoms with Crippen molar-refractivity contribution in [3.05, 3.63) is 68.4 Å². The zero-order valence-electron chi connectivity index (χ0n) is 18.4. The van der Waals surface area contributed by atoms with Gasteiger partial charge in [0.15, 0.2) is 5.82 Å². The predicted octanol–water partition coefficient (Wildman–Crippen LogP) is 2.97. The number of H-pyrrole nitrogens is 1. The number of aromatic nitrogens is 5. The van der Waals surface area contributed by atoms with E-state index in [-0.39, 0.29) is 11.7 Å². The summed E-state index contributed by atoms with van der Waals surface area (Å²) < 4.78 is 12.9. The number of benzene rings is 1. The van der Waals surface area contributed by atoms with Gasteiger partial charge in [0.25, 0.3) is 5.56 Å². The van der Waals surface area contributed by atoms with E-state index < -0.39 is 0 Å². The van der Waals surface area contributed by atoms with Gasteiger partial charge in [-0.05, 0) is 59.0 Å². The summed E-state index contributed by atoms with van der Waals surface area (Å²) in [7, 11) is 1.64. The van der Waals surface area contributed by atoms with E-state index >= 15 is 0 Å². The van der Waals surface area contributed by atoms with Crippen LogP contribution in [0.3, 0.4) is 0 Å². The highest BCUT2D eigenvalue weighted by Gasteiger charge is 2.21. The van der Waals surface area contributed by atoms with Crippen molar-refractivity contribution in [1.29, 1.82) is 0 Å². The lowest BCUT2D eigenvalue weighted by molar-refractivity contribution is 0.0915. The molecule has 5 rings (SSSR count). The second-order valence-corrected chi connectivity index (χ2v) is 9.25. The van der Waals surface area contributed by atoms with E-state index in [9.17, 15) is 4.79 Å². The summed E-state index contributed by atoms with van der Waals surface area (Å²) in [6.07, 6.45) is 2.24. The van der Waals surface area contributed by atoms with E-state index in [1.165, 1.54) is 4.88 Å². The van der Waals surface area contributed by atoms with Gasteiger partial charge in [-0.15, -0.1) is 16.4 Å². The molecule has 1 atom stereocenters. The molecule has 1 aromatic carbocycles. The van der Waals surface area contributed by atoms with Crippen molar-refractivity contribution in [3.63, 3.8) is 0 Å². The molecule has 4 aromatic rings. The summed E-state index contributed by atoms with van der Waals surface area (Å²) in [4.78, 5) is 19.3. The van der Waals surface area contributed by atoms with Crippen LogP contribution in [0, 0.1) is 0 Å². The first-order valence-electron chi connectivity index (χ1n) is 11.0. The second-order valence-electron chi connectivity index (χ2n) is 8.21. The van der Waals surface area contributed by atoms with Crippen molar-refractivity contribution >= 4 is 22.2 Å². The summed E-state index contributed by atoms with van der Waals surface area (Å²) in [6, 6.07) is 11.7. The van der Waals surface area contributed by atoms with E-state index in [1.54, 1.807) is 18.4 Å². The molecule has 33 heavy (non-hydrogen) atoms. The first-order valence-corrected chi connectivity index (χ1v) is 11.9. The van der Waals surface area contributed by atoms with Crippen molar-refractivity contribution in [2.75, 3.05) is 13.7 Å². The quantitative estimate of drug-likeness (QED) is 0.405. The average molecular weight is 467 g/mol. The summed E-state index contributed by atoms with van der Waals surface area (Å²) in [5, 5.41) is 15.3. The zero-order chi connectivity index (χ0) is 22.6. The Kier molecular flexibility index (Phi) is 6.47. The lowest BCUT2D eigenvalue weighted by Gasteiger charge is -2.21. The number of ether oxygens (including phenoxy) is 2. The maximum atomic E-state index is 12.9. The van der Waals surface area contributed by atoms with Gasteiger partial charge >= 0.3 is 0 Å². The third-order valence-corrected chi connectivity index (χ3v) is 6.71. The Hall–Kier alpha value is -3.08. The summed E-state index contributed by atoms with van der Waals surface area (Å²) in [6.45, 7) is 3.12. The van der Waals surface area contributed by atoms with E-state index in [4.69, 9.17) is 9.47 Å². The summed E-state index contributed by atoms with van der Waals surface area (Å²) >= 11 is 1.69.